The van der Waals surface area contributed by atoms with Gasteiger partial charge in [-0.2, -0.15) is 5.10 Å². The fourth-order valence-electron chi connectivity index (χ4n) is 3.49. The highest BCUT2D eigenvalue weighted by Crippen LogP contribution is 2.25. The topological polar surface area (TPSA) is 81.1 Å². The molecule has 1 aromatic carbocycles. The average molecular weight is 375 g/mol. The zero-order valence-electron chi connectivity index (χ0n) is 15.2. The zero-order valence-corrected chi connectivity index (χ0v) is 16.0. The van der Waals surface area contributed by atoms with Gasteiger partial charge in [0.1, 0.15) is 9.84 Å². The van der Waals surface area contributed by atoms with Crippen LogP contribution in [0.1, 0.15) is 41.6 Å². The molecular weight excluding hydrogens is 350 g/mol. The summed E-state index contributed by atoms with van der Waals surface area (Å²) in [5.41, 5.74) is 2.62. The van der Waals surface area contributed by atoms with Crippen LogP contribution in [0, 0.1) is 12.8 Å². The van der Waals surface area contributed by atoms with Crippen molar-refractivity contribution >= 4 is 15.7 Å². The van der Waals surface area contributed by atoms with Crippen LogP contribution in [0.3, 0.4) is 0 Å². The number of aryl methyl sites for hydroxylation is 1. The lowest BCUT2D eigenvalue weighted by molar-refractivity contribution is 0.0923. The van der Waals surface area contributed by atoms with E-state index in [1.165, 1.54) is 6.26 Å². The van der Waals surface area contributed by atoms with E-state index >= 15 is 0 Å². The van der Waals surface area contributed by atoms with Crippen molar-refractivity contribution in [1.82, 2.24) is 15.1 Å². The number of nitrogens with one attached hydrogen (secondary N) is 1. The SMILES string of the molecule is Cc1cnn(-c2ccc(C(=O)NC3CCC(CS(C)(=O)=O)CC3)cc2)c1. The molecule has 6 nitrogen and oxygen atoms in total. The summed E-state index contributed by atoms with van der Waals surface area (Å²) in [7, 11) is -2.93. The molecule has 0 spiro atoms. The Bertz CT molecular complexity index is 864. The lowest BCUT2D eigenvalue weighted by atomic mass is 9.87. The Labute approximate surface area is 154 Å². The molecule has 140 valence electrons. The second-order valence-corrected chi connectivity index (χ2v) is 9.48. The Kier molecular flexibility index (Phi) is 5.46. The van der Waals surface area contributed by atoms with Crippen LogP contribution >= 0.6 is 0 Å². The first-order chi connectivity index (χ1) is 12.3. The normalized spacial score (nSPS) is 20.7. The van der Waals surface area contributed by atoms with Crippen molar-refractivity contribution in [3.8, 4) is 5.69 Å². The summed E-state index contributed by atoms with van der Waals surface area (Å²) in [4.78, 5) is 12.4. The van der Waals surface area contributed by atoms with Gasteiger partial charge >= 0.3 is 0 Å². The maximum atomic E-state index is 12.4. The van der Waals surface area contributed by atoms with E-state index in [1.807, 2.05) is 25.3 Å². The fraction of sp³-hybridized carbons (Fsp3) is 0.474. The van der Waals surface area contributed by atoms with Crippen molar-refractivity contribution in [3.05, 3.63) is 47.8 Å². The minimum atomic E-state index is -2.93. The van der Waals surface area contributed by atoms with E-state index < -0.39 is 9.84 Å². The smallest absolute Gasteiger partial charge is 0.251 e. The molecule has 3 rings (SSSR count). The fourth-order valence-corrected chi connectivity index (χ4v) is 4.68. The summed E-state index contributed by atoms with van der Waals surface area (Å²) in [6.07, 6.45) is 8.36. The first-order valence-electron chi connectivity index (χ1n) is 8.90. The number of sulfone groups is 1. The largest absolute Gasteiger partial charge is 0.349 e. The molecule has 7 heteroatoms. The Morgan fingerprint density at radius 2 is 1.85 bits per heavy atom. The standard InChI is InChI=1S/C19H25N3O3S/c1-14-11-20-22(12-14)18-9-5-16(6-10-18)19(23)21-17-7-3-15(4-8-17)13-26(2,24)25/h5-6,9-12,15,17H,3-4,7-8,13H2,1-2H3,(H,21,23). The molecule has 0 atom stereocenters. The van der Waals surface area contributed by atoms with Gasteiger partial charge in [0.15, 0.2) is 0 Å². The molecule has 1 aliphatic carbocycles. The predicted molar refractivity (Wildman–Crippen MR) is 101 cm³/mol. The molecule has 0 bridgehead atoms. The average Bonchev–Trinajstić information content (AvgIpc) is 3.02. The van der Waals surface area contributed by atoms with Crippen molar-refractivity contribution in [3.63, 3.8) is 0 Å². The van der Waals surface area contributed by atoms with Gasteiger partial charge in [-0.25, -0.2) is 13.1 Å². The maximum Gasteiger partial charge on any atom is 0.251 e. The Morgan fingerprint density at radius 1 is 1.19 bits per heavy atom. The molecular formula is C19H25N3O3S. The van der Waals surface area contributed by atoms with Gasteiger partial charge in [0.05, 0.1) is 17.6 Å². The lowest BCUT2D eigenvalue weighted by Gasteiger charge is -2.28. The van der Waals surface area contributed by atoms with Crippen LogP contribution in [0.4, 0.5) is 0 Å². The minimum absolute atomic E-state index is 0.0836. The van der Waals surface area contributed by atoms with Crippen LogP contribution in [0.2, 0.25) is 0 Å². The van der Waals surface area contributed by atoms with Crippen LogP contribution in [-0.2, 0) is 9.84 Å². The summed E-state index contributed by atoms with van der Waals surface area (Å²) in [6, 6.07) is 7.48. The molecule has 1 fully saturated rings. The molecule has 1 heterocycles. The Hall–Kier alpha value is -2.15. The van der Waals surface area contributed by atoms with Crippen molar-refractivity contribution in [1.29, 1.82) is 0 Å². The minimum Gasteiger partial charge on any atom is -0.349 e. The molecule has 26 heavy (non-hydrogen) atoms. The molecule has 1 N–H and O–H groups in total. The molecule has 1 saturated carbocycles. The number of nitrogens with zero attached hydrogens (tertiary/aromatic N) is 2. The molecule has 1 aliphatic rings. The summed E-state index contributed by atoms with van der Waals surface area (Å²) in [6.45, 7) is 1.98. The molecule has 2 aromatic rings. The predicted octanol–water partition coefficient (Wildman–Crippen LogP) is 2.51. The number of hydrogen-bond acceptors (Lipinski definition) is 4. The molecule has 0 unspecified atom stereocenters. The van der Waals surface area contributed by atoms with Crippen LogP contribution in [-0.4, -0.2) is 42.2 Å². The highest BCUT2D eigenvalue weighted by Gasteiger charge is 2.25. The van der Waals surface area contributed by atoms with Crippen molar-refractivity contribution < 1.29 is 13.2 Å². The second kappa shape index (κ2) is 7.61. The monoisotopic (exact) mass is 375 g/mol. The Morgan fingerprint density at radius 3 is 2.38 bits per heavy atom. The van der Waals surface area contributed by atoms with Crippen LogP contribution in [0.15, 0.2) is 36.7 Å². The molecule has 0 aliphatic heterocycles. The van der Waals surface area contributed by atoms with E-state index in [2.05, 4.69) is 10.4 Å². The first-order valence-corrected chi connectivity index (χ1v) is 11.0. The second-order valence-electron chi connectivity index (χ2n) is 7.29. The van der Waals surface area contributed by atoms with E-state index in [0.717, 1.165) is 36.9 Å². The summed E-state index contributed by atoms with van der Waals surface area (Å²) >= 11 is 0. The van der Waals surface area contributed by atoms with E-state index in [9.17, 15) is 13.2 Å². The summed E-state index contributed by atoms with van der Waals surface area (Å²) < 4.78 is 24.6. The quantitative estimate of drug-likeness (QED) is 0.871. The molecule has 0 saturated heterocycles. The van der Waals surface area contributed by atoms with Gasteiger partial charge < -0.3 is 5.32 Å². The van der Waals surface area contributed by atoms with Crippen molar-refractivity contribution in [2.24, 2.45) is 5.92 Å². The number of carbonyl (C=O) groups is 1. The zero-order chi connectivity index (χ0) is 18.7. The summed E-state index contributed by atoms with van der Waals surface area (Å²) in [5.74, 6) is 0.386. The van der Waals surface area contributed by atoms with E-state index in [0.29, 0.717) is 5.56 Å². The van der Waals surface area contributed by atoms with Gasteiger partial charge in [0, 0.05) is 24.1 Å². The highest BCUT2D eigenvalue weighted by atomic mass is 32.2. The number of rotatable bonds is 5. The lowest BCUT2D eigenvalue weighted by Crippen LogP contribution is -2.38. The first kappa shape index (κ1) is 18.6. The Balaban J connectivity index is 1.54. The van der Waals surface area contributed by atoms with Gasteiger partial charge in [0.25, 0.3) is 5.91 Å². The van der Waals surface area contributed by atoms with E-state index in [1.54, 1.807) is 23.0 Å². The van der Waals surface area contributed by atoms with E-state index in [-0.39, 0.29) is 23.6 Å². The van der Waals surface area contributed by atoms with Gasteiger partial charge in [-0.05, 0) is 68.4 Å². The maximum absolute atomic E-state index is 12.4. The number of aromatic nitrogens is 2. The van der Waals surface area contributed by atoms with Crippen molar-refractivity contribution in [2.45, 2.75) is 38.6 Å². The molecule has 1 aromatic heterocycles. The number of hydrogen-bond donors (Lipinski definition) is 1. The summed E-state index contributed by atoms with van der Waals surface area (Å²) in [5, 5.41) is 7.33. The van der Waals surface area contributed by atoms with Crippen LogP contribution in [0.5, 0.6) is 0 Å². The van der Waals surface area contributed by atoms with Gasteiger partial charge in [-0.15, -0.1) is 0 Å². The highest BCUT2D eigenvalue weighted by molar-refractivity contribution is 7.90. The van der Waals surface area contributed by atoms with Gasteiger partial charge in [-0.3, -0.25) is 4.79 Å². The third kappa shape index (κ3) is 4.94. The molecule has 1 amide bonds. The van der Waals surface area contributed by atoms with Crippen LogP contribution in [0.25, 0.3) is 5.69 Å². The van der Waals surface area contributed by atoms with Crippen molar-refractivity contribution in [2.75, 3.05) is 12.0 Å². The third-order valence-electron chi connectivity index (χ3n) is 4.83. The molecule has 0 radical (unpaired) electrons. The van der Waals surface area contributed by atoms with Gasteiger partial charge in [-0.1, -0.05) is 0 Å². The van der Waals surface area contributed by atoms with Gasteiger partial charge in [0.2, 0.25) is 0 Å². The third-order valence-corrected chi connectivity index (χ3v) is 5.90. The number of benzene rings is 1. The number of amides is 1. The number of carbonyl (C=O) groups excluding carboxylic acids is 1. The van der Waals surface area contributed by atoms with E-state index in [4.69, 9.17) is 0 Å². The van der Waals surface area contributed by atoms with Crippen LogP contribution < -0.4 is 5.32 Å².